The van der Waals surface area contributed by atoms with Gasteiger partial charge in [-0.25, -0.2) is 13.1 Å². The van der Waals surface area contributed by atoms with Crippen LogP contribution in [0.3, 0.4) is 0 Å². The fourth-order valence-electron chi connectivity index (χ4n) is 3.61. The van der Waals surface area contributed by atoms with Crippen LogP contribution >= 0.6 is 0 Å². The normalized spacial score (nSPS) is 12.9. The molecule has 0 saturated carbocycles. The van der Waals surface area contributed by atoms with E-state index in [9.17, 15) is 18.0 Å². The van der Waals surface area contributed by atoms with Gasteiger partial charge >= 0.3 is 0 Å². The van der Waals surface area contributed by atoms with Gasteiger partial charge in [-0.1, -0.05) is 36.4 Å². The topological polar surface area (TPSA) is 95.6 Å². The number of nitrogens with one attached hydrogen (secondary N) is 2. The molecule has 0 spiro atoms. The predicted octanol–water partition coefficient (Wildman–Crippen LogP) is 3.20. The van der Waals surface area contributed by atoms with Gasteiger partial charge in [-0.2, -0.15) is 0 Å². The van der Waals surface area contributed by atoms with E-state index < -0.39 is 10.0 Å². The Morgan fingerprint density at radius 2 is 1.56 bits per heavy atom. The van der Waals surface area contributed by atoms with Crippen LogP contribution in [0.1, 0.15) is 22.3 Å². The number of fused-ring (bicyclic) bond motifs is 1. The number of anilines is 2. The molecule has 7 nitrogen and oxygen atoms in total. The van der Waals surface area contributed by atoms with Gasteiger partial charge in [0.25, 0.3) is 5.91 Å². The molecule has 164 valence electrons. The van der Waals surface area contributed by atoms with Crippen molar-refractivity contribution in [2.45, 2.75) is 17.7 Å². The monoisotopic (exact) mass is 449 g/mol. The molecule has 3 aromatic rings. The number of nitrogens with zero attached hydrogens (tertiary/aromatic N) is 1. The summed E-state index contributed by atoms with van der Waals surface area (Å²) in [4.78, 5) is 27.0. The van der Waals surface area contributed by atoms with E-state index in [0.29, 0.717) is 17.8 Å². The molecule has 2 amide bonds. The molecule has 3 aromatic carbocycles. The quantitative estimate of drug-likeness (QED) is 0.579. The second-order valence-electron chi connectivity index (χ2n) is 7.42. The molecule has 0 aromatic heterocycles. The van der Waals surface area contributed by atoms with Crippen molar-refractivity contribution in [1.29, 1.82) is 0 Å². The van der Waals surface area contributed by atoms with Gasteiger partial charge in [0.1, 0.15) is 0 Å². The summed E-state index contributed by atoms with van der Waals surface area (Å²) in [5.41, 5.74) is 3.18. The largest absolute Gasteiger partial charge is 0.326 e. The van der Waals surface area contributed by atoms with E-state index in [1.54, 1.807) is 47.4 Å². The fraction of sp³-hybridized carbons (Fsp3) is 0.167. The van der Waals surface area contributed by atoms with Gasteiger partial charge in [-0.3, -0.25) is 9.59 Å². The second kappa shape index (κ2) is 9.33. The molecule has 8 heteroatoms. The maximum atomic E-state index is 12.9. The molecule has 32 heavy (non-hydrogen) atoms. The van der Waals surface area contributed by atoms with Crippen LogP contribution in [-0.2, 0) is 21.2 Å². The van der Waals surface area contributed by atoms with E-state index in [1.165, 1.54) is 12.1 Å². The zero-order valence-corrected chi connectivity index (χ0v) is 18.1. The zero-order valence-electron chi connectivity index (χ0n) is 17.3. The summed E-state index contributed by atoms with van der Waals surface area (Å²) in [6, 6.07) is 22.5. The molecule has 0 radical (unpaired) electrons. The first-order chi connectivity index (χ1) is 15.4. The second-order valence-corrected chi connectivity index (χ2v) is 9.19. The smallest absolute Gasteiger partial charge is 0.258 e. The van der Waals surface area contributed by atoms with Crippen LogP contribution in [0.15, 0.2) is 83.8 Å². The van der Waals surface area contributed by atoms with Gasteiger partial charge < -0.3 is 10.2 Å². The average Bonchev–Trinajstić information content (AvgIpc) is 3.24. The zero-order chi connectivity index (χ0) is 22.6. The number of amides is 2. The van der Waals surface area contributed by atoms with Gasteiger partial charge in [0.2, 0.25) is 15.9 Å². The fourth-order valence-corrected chi connectivity index (χ4v) is 4.66. The van der Waals surface area contributed by atoms with E-state index >= 15 is 0 Å². The molecule has 1 aliphatic heterocycles. The Morgan fingerprint density at radius 3 is 2.31 bits per heavy atom. The minimum atomic E-state index is -3.65. The summed E-state index contributed by atoms with van der Waals surface area (Å²) in [5, 5.41) is 2.72. The van der Waals surface area contributed by atoms with Crippen molar-refractivity contribution in [2.75, 3.05) is 23.3 Å². The van der Waals surface area contributed by atoms with Crippen molar-refractivity contribution in [2.24, 2.45) is 0 Å². The van der Waals surface area contributed by atoms with Gasteiger partial charge in [-0.15, -0.1) is 0 Å². The first kappa shape index (κ1) is 21.7. The van der Waals surface area contributed by atoms with Gasteiger partial charge in [0.15, 0.2) is 0 Å². The lowest BCUT2D eigenvalue weighted by Crippen LogP contribution is -2.29. The maximum absolute atomic E-state index is 12.9. The number of carbonyl (C=O) groups excluding carboxylic acids is 2. The average molecular weight is 450 g/mol. The number of hydrogen-bond donors (Lipinski definition) is 2. The molecular formula is C24H23N3O4S. The van der Waals surface area contributed by atoms with Crippen molar-refractivity contribution in [3.8, 4) is 0 Å². The first-order valence-corrected chi connectivity index (χ1v) is 11.8. The Morgan fingerprint density at radius 1 is 0.875 bits per heavy atom. The lowest BCUT2D eigenvalue weighted by Gasteiger charge is -2.17. The molecule has 0 atom stereocenters. The Labute approximate surface area is 187 Å². The molecule has 2 N–H and O–H groups in total. The van der Waals surface area contributed by atoms with Crippen molar-refractivity contribution >= 4 is 33.2 Å². The number of sulfonamides is 1. The Bertz CT molecular complexity index is 1230. The summed E-state index contributed by atoms with van der Waals surface area (Å²) in [6.45, 7) is 0.629. The van der Waals surface area contributed by atoms with Crippen LogP contribution in [0.4, 0.5) is 11.4 Å². The SMILES string of the molecule is O=C(CCNS(=O)(=O)c1ccccc1)Nc1ccc(C(=O)N2CCc3ccccc32)cc1. The number of carbonyl (C=O) groups is 2. The highest BCUT2D eigenvalue weighted by molar-refractivity contribution is 7.89. The summed E-state index contributed by atoms with van der Waals surface area (Å²) in [5.74, 6) is -0.406. The number of para-hydroxylation sites is 1. The molecule has 4 rings (SSSR count). The van der Waals surface area contributed by atoms with E-state index in [4.69, 9.17) is 0 Å². The van der Waals surface area contributed by atoms with Crippen LogP contribution < -0.4 is 14.9 Å². The van der Waals surface area contributed by atoms with Crippen LogP contribution in [0.5, 0.6) is 0 Å². The minimum absolute atomic E-state index is 0.0166. The first-order valence-electron chi connectivity index (χ1n) is 10.3. The number of hydrogen-bond acceptors (Lipinski definition) is 4. The molecule has 1 heterocycles. The summed E-state index contributed by atoms with van der Waals surface area (Å²) >= 11 is 0. The Kier molecular flexibility index (Phi) is 6.34. The van der Waals surface area contributed by atoms with Crippen molar-refractivity contribution < 1.29 is 18.0 Å². The number of rotatable bonds is 7. The van der Waals surface area contributed by atoms with E-state index in [1.807, 2.05) is 24.3 Å². The molecular weight excluding hydrogens is 426 g/mol. The van der Waals surface area contributed by atoms with Gasteiger partial charge in [0, 0.05) is 36.4 Å². The number of benzene rings is 3. The molecule has 0 unspecified atom stereocenters. The van der Waals surface area contributed by atoms with Crippen molar-refractivity contribution in [3.63, 3.8) is 0 Å². The van der Waals surface area contributed by atoms with E-state index in [-0.39, 0.29) is 29.7 Å². The highest BCUT2D eigenvalue weighted by Crippen LogP contribution is 2.29. The van der Waals surface area contributed by atoms with E-state index in [0.717, 1.165) is 17.7 Å². The van der Waals surface area contributed by atoms with Gasteiger partial charge in [-0.05, 0) is 54.4 Å². The van der Waals surface area contributed by atoms with Crippen molar-refractivity contribution in [3.05, 3.63) is 90.0 Å². The summed E-state index contributed by atoms with van der Waals surface area (Å²) in [7, 11) is -3.65. The molecule has 0 fully saturated rings. The third-order valence-corrected chi connectivity index (χ3v) is 6.72. The Hall–Kier alpha value is -3.49. The highest BCUT2D eigenvalue weighted by Gasteiger charge is 2.25. The standard InChI is InChI=1S/C24H23N3O4S/c28-23(14-16-25-32(30,31)21-7-2-1-3-8-21)26-20-12-10-19(11-13-20)24(29)27-17-15-18-6-4-5-9-22(18)27/h1-13,25H,14-17H2,(H,26,28). The lowest BCUT2D eigenvalue weighted by atomic mass is 10.1. The van der Waals surface area contributed by atoms with Crippen LogP contribution in [0.25, 0.3) is 0 Å². The van der Waals surface area contributed by atoms with Gasteiger partial charge in [0.05, 0.1) is 4.90 Å². The molecule has 1 aliphatic rings. The van der Waals surface area contributed by atoms with Crippen LogP contribution in [0, 0.1) is 0 Å². The van der Waals surface area contributed by atoms with E-state index in [2.05, 4.69) is 10.0 Å². The molecule has 0 saturated heterocycles. The third kappa shape index (κ3) is 4.87. The third-order valence-electron chi connectivity index (χ3n) is 5.25. The van der Waals surface area contributed by atoms with Crippen LogP contribution in [-0.4, -0.2) is 33.3 Å². The van der Waals surface area contributed by atoms with Crippen molar-refractivity contribution in [1.82, 2.24) is 4.72 Å². The summed E-state index contributed by atoms with van der Waals surface area (Å²) < 4.78 is 26.8. The van der Waals surface area contributed by atoms with Crippen LogP contribution in [0.2, 0.25) is 0 Å². The highest BCUT2D eigenvalue weighted by atomic mass is 32.2. The molecule has 0 aliphatic carbocycles. The summed E-state index contributed by atoms with van der Waals surface area (Å²) in [6.07, 6.45) is 0.821. The minimum Gasteiger partial charge on any atom is -0.326 e. The lowest BCUT2D eigenvalue weighted by molar-refractivity contribution is -0.116. The maximum Gasteiger partial charge on any atom is 0.258 e. The Balaban J connectivity index is 1.30. The molecule has 0 bridgehead atoms. The predicted molar refractivity (Wildman–Crippen MR) is 123 cm³/mol.